The lowest BCUT2D eigenvalue weighted by Gasteiger charge is -2.27. The number of carbonyl (C=O) groups is 3. The number of esters is 1. The second-order valence-electron chi connectivity index (χ2n) is 7.80. The van der Waals surface area contributed by atoms with E-state index in [4.69, 9.17) is 25.8 Å². The van der Waals surface area contributed by atoms with E-state index in [9.17, 15) is 19.5 Å². The number of para-hydroxylation sites is 1. The number of aliphatic hydroxyl groups excluding tert-OH is 1. The van der Waals surface area contributed by atoms with Crippen LogP contribution in [0.1, 0.15) is 27.5 Å². The minimum Gasteiger partial charge on any atom is -0.507 e. The molecule has 1 atom stereocenters. The van der Waals surface area contributed by atoms with Gasteiger partial charge in [-0.3, -0.25) is 14.5 Å². The lowest BCUT2D eigenvalue weighted by Crippen LogP contribution is -2.29. The van der Waals surface area contributed by atoms with Crippen LogP contribution in [-0.2, 0) is 14.3 Å². The summed E-state index contributed by atoms with van der Waals surface area (Å²) in [7, 11) is 4.12. The third kappa shape index (κ3) is 4.27. The third-order valence-corrected chi connectivity index (χ3v) is 6.08. The molecule has 4 rings (SSSR count). The molecule has 1 fully saturated rings. The number of rotatable bonds is 6. The maximum absolute atomic E-state index is 13.4. The van der Waals surface area contributed by atoms with E-state index in [1.165, 1.54) is 44.4 Å². The molecular formula is C27H22ClNO7. The summed E-state index contributed by atoms with van der Waals surface area (Å²) < 4.78 is 15.7. The van der Waals surface area contributed by atoms with E-state index in [-0.39, 0.29) is 28.1 Å². The molecule has 8 nitrogen and oxygen atoms in total. The van der Waals surface area contributed by atoms with Crippen LogP contribution >= 0.6 is 11.6 Å². The molecule has 184 valence electrons. The maximum Gasteiger partial charge on any atom is 0.337 e. The van der Waals surface area contributed by atoms with Crippen LogP contribution in [0.3, 0.4) is 0 Å². The molecule has 1 aliphatic rings. The van der Waals surface area contributed by atoms with Gasteiger partial charge in [0.1, 0.15) is 17.3 Å². The Kier molecular flexibility index (Phi) is 6.98. The smallest absolute Gasteiger partial charge is 0.337 e. The van der Waals surface area contributed by atoms with E-state index in [0.29, 0.717) is 16.3 Å². The molecule has 1 heterocycles. The molecule has 1 amide bonds. The molecule has 1 unspecified atom stereocenters. The van der Waals surface area contributed by atoms with E-state index >= 15 is 0 Å². The van der Waals surface area contributed by atoms with Crippen molar-refractivity contribution < 1.29 is 33.7 Å². The first-order chi connectivity index (χ1) is 17.3. The maximum atomic E-state index is 13.4. The normalized spacial score (nSPS) is 16.7. The number of benzene rings is 3. The van der Waals surface area contributed by atoms with Crippen molar-refractivity contribution >= 4 is 40.7 Å². The van der Waals surface area contributed by atoms with Crippen LogP contribution in [0.25, 0.3) is 5.76 Å². The van der Waals surface area contributed by atoms with Gasteiger partial charge in [-0.25, -0.2) is 4.79 Å². The number of hydrogen-bond acceptors (Lipinski definition) is 7. The van der Waals surface area contributed by atoms with Gasteiger partial charge in [0.2, 0.25) is 0 Å². The fourth-order valence-electron chi connectivity index (χ4n) is 4.20. The molecule has 0 aromatic heterocycles. The highest BCUT2D eigenvalue weighted by molar-refractivity contribution is 6.51. The van der Waals surface area contributed by atoms with E-state index in [1.54, 1.807) is 48.5 Å². The molecule has 0 saturated carbocycles. The third-order valence-electron chi connectivity index (χ3n) is 5.84. The highest BCUT2D eigenvalue weighted by atomic mass is 35.5. The van der Waals surface area contributed by atoms with Crippen LogP contribution in [0.4, 0.5) is 5.69 Å². The molecule has 0 aliphatic carbocycles. The van der Waals surface area contributed by atoms with Crippen molar-refractivity contribution in [3.8, 4) is 11.5 Å². The zero-order valence-electron chi connectivity index (χ0n) is 19.7. The van der Waals surface area contributed by atoms with Crippen molar-refractivity contribution in [2.45, 2.75) is 6.04 Å². The van der Waals surface area contributed by atoms with Crippen LogP contribution < -0.4 is 14.4 Å². The number of carbonyl (C=O) groups excluding carboxylic acids is 3. The Balaban J connectivity index is 2.02. The van der Waals surface area contributed by atoms with Crippen LogP contribution in [0, 0.1) is 0 Å². The Morgan fingerprint density at radius 2 is 1.64 bits per heavy atom. The minimum absolute atomic E-state index is 0.145. The molecule has 0 radical (unpaired) electrons. The van der Waals surface area contributed by atoms with Gasteiger partial charge in [0, 0.05) is 16.3 Å². The first-order valence-corrected chi connectivity index (χ1v) is 11.2. The number of anilines is 1. The first kappa shape index (κ1) is 24.8. The Morgan fingerprint density at radius 1 is 0.917 bits per heavy atom. The average molecular weight is 508 g/mol. The standard InChI is InChI=1S/C27H22ClNO7/c1-34-20-10-5-4-9-18(20)23-22(24(30)19-14-16(28)11-12-21(19)35-2)25(31)26(32)29(23)17-8-6-7-15(13-17)27(33)36-3/h4-14,23,30H,1-3H3/b24-22+. The highest BCUT2D eigenvalue weighted by Crippen LogP contribution is 2.46. The Morgan fingerprint density at radius 3 is 2.33 bits per heavy atom. The van der Waals surface area contributed by atoms with Crippen molar-refractivity contribution in [2.24, 2.45) is 0 Å². The van der Waals surface area contributed by atoms with Crippen LogP contribution in [-0.4, -0.2) is 44.1 Å². The summed E-state index contributed by atoms with van der Waals surface area (Å²) >= 11 is 6.16. The predicted octanol–water partition coefficient (Wildman–Crippen LogP) is 4.77. The van der Waals surface area contributed by atoms with Gasteiger partial charge in [-0.2, -0.15) is 0 Å². The number of aliphatic hydroxyl groups is 1. The molecule has 0 spiro atoms. The highest BCUT2D eigenvalue weighted by Gasteiger charge is 2.48. The summed E-state index contributed by atoms with van der Waals surface area (Å²) in [5, 5.41) is 11.7. The number of ether oxygens (including phenoxy) is 3. The largest absolute Gasteiger partial charge is 0.507 e. The van der Waals surface area contributed by atoms with Crippen molar-refractivity contribution in [3.05, 3.63) is 94.0 Å². The van der Waals surface area contributed by atoms with E-state index in [2.05, 4.69) is 0 Å². The van der Waals surface area contributed by atoms with E-state index in [0.717, 1.165) is 0 Å². The summed E-state index contributed by atoms with van der Waals surface area (Å²) in [6.45, 7) is 0. The zero-order chi connectivity index (χ0) is 26.0. The van der Waals surface area contributed by atoms with Crippen molar-refractivity contribution in [2.75, 3.05) is 26.2 Å². The van der Waals surface area contributed by atoms with Gasteiger partial charge in [0.25, 0.3) is 11.7 Å². The second kappa shape index (κ2) is 10.1. The Labute approximate surface area is 212 Å². The van der Waals surface area contributed by atoms with Crippen molar-refractivity contribution in [1.29, 1.82) is 0 Å². The molecule has 1 saturated heterocycles. The Bertz CT molecular complexity index is 1400. The first-order valence-electron chi connectivity index (χ1n) is 10.8. The van der Waals surface area contributed by atoms with Gasteiger partial charge in [0.05, 0.1) is 44.1 Å². The van der Waals surface area contributed by atoms with Crippen LogP contribution in [0.2, 0.25) is 5.02 Å². The summed E-state index contributed by atoms with van der Waals surface area (Å²) in [5.74, 6) is -2.23. The molecule has 3 aromatic rings. The molecule has 1 aliphatic heterocycles. The van der Waals surface area contributed by atoms with Crippen LogP contribution in [0.5, 0.6) is 11.5 Å². The second-order valence-corrected chi connectivity index (χ2v) is 8.23. The fourth-order valence-corrected chi connectivity index (χ4v) is 4.37. The molecule has 36 heavy (non-hydrogen) atoms. The summed E-state index contributed by atoms with van der Waals surface area (Å²) in [6, 6.07) is 16.4. The quantitative estimate of drug-likeness (QED) is 0.222. The van der Waals surface area contributed by atoms with Gasteiger partial charge >= 0.3 is 5.97 Å². The van der Waals surface area contributed by atoms with Gasteiger partial charge in [-0.05, 0) is 42.5 Å². The molecule has 1 N–H and O–H groups in total. The average Bonchev–Trinajstić information content (AvgIpc) is 3.17. The van der Waals surface area contributed by atoms with E-state index < -0.39 is 29.5 Å². The van der Waals surface area contributed by atoms with Crippen molar-refractivity contribution in [1.82, 2.24) is 0 Å². The van der Waals surface area contributed by atoms with E-state index in [1.807, 2.05) is 0 Å². The number of amides is 1. The molecule has 0 bridgehead atoms. The SMILES string of the molecule is COC(=O)c1cccc(N2C(=O)C(=O)/C(=C(/O)c3cc(Cl)ccc3OC)C2c2ccccc2OC)c1. The minimum atomic E-state index is -1.09. The van der Waals surface area contributed by atoms with Gasteiger partial charge in [0.15, 0.2) is 0 Å². The summed E-state index contributed by atoms with van der Waals surface area (Å²) in [4.78, 5) is 40.2. The van der Waals surface area contributed by atoms with Crippen molar-refractivity contribution in [3.63, 3.8) is 0 Å². The monoisotopic (exact) mass is 507 g/mol. The molecular weight excluding hydrogens is 486 g/mol. The predicted molar refractivity (Wildman–Crippen MR) is 134 cm³/mol. The lowest BCUT2D eigenvalue weighted by molar-refractivity contribution is -0.132. The number of ketones is 1. The number of hydrogen-bond donors (Lipinski definition) is 1. The molecule has 3 aromatic carbocycles. The number of Topliss-reactive ketones (excluding diaryl/α,β-unsaturated/α-hetero) is 1. The molecule has 9 heteroatoms. The summed E-state index contributed by atoms with van der Waals surface area (Å²) in [6.07, 6.45) is 0. The van der Waals surface area contributed by atoms with Gasteiger partial charge in [-0.1, -0.05) is 35.9 Å². The summed E-state index contributed by atoms with van der Waals surface area (Å²) in [5.41, 5.74) is 0.852. The number of nitrogens with zero attached hydrogens (tertiary/aromatic N) is 1. The Hall–Kier alpha value is -4.30. The fraction of sp³-hybridized carbons (Fsp3) is 0.148. The number of methoxy groups -OCH3 is 3. The lowest BCUT2D eigenvalue weighted by atomic mass is 9.94. The zero-order valence-corrected chi connectivity index (χ0v) is 20.4. The van der Waals surface area contributed by atoms with Crippen LogP contribution in [0.15, 0.2) is 72.3 Å². The van der Waals surface area contributed by atoms with Gasteiger partial charge < -0.3 is 19.3 Å². The number of halogens is 1. The topological polar surface area (TPSA) is 102 Å². The van der Waals surface area contributed by atoms with Gasteiger partial charge in [-0.15, -0.1) is 0 Å².